The Morgan fingerprint density at radius 3 is 2.75 bits per heavy atom. The molecule has 2 aromatic carbocycles. The minimum atomic E-state index is 0.0617. The van der Waals surface area contributed by atoms with E-state index in [4.69, 9.17) is 5.73 Å². The predicted molar refractivity (Wildman–Crippen MR) is 88.4 cm³/mol. The Kier molecular flexibility index (Phi) is 3.60. The summed E-state index contributed by atoms with van der Waals surface area (Å²) in [6, 6.07) is 15.2. The molecule has 0 saturated heterocycles. The lowest BCUT2D eigenvalue weighted by Gasteiger charge is -2.14. The summed E-state index contributed by atoms with van der Waals surface area (Å²) in [5, 5.41) is 3.51. The molecule has 1 heterocycles. The van der Waals surface area contributed by atoms with Crippen LogP contribution in [0, 0.1) is 13.8 Å². The number of hydrogen-bond acceptors (Lipinski definition) is 2. The summed E-state index contributed by atoms with van der Waals surface area (Å²) in [5.41, 5.74) is 11.7. The zero-order valence-corrected chi connectivity index (χ0v) is 12.7. The van der Waals surface area contributed by atoms with Gasteiger partial charge in [0.25, 0.3) is 0 Å². The maximum atomic E-state index is 6.46. The van der Waals surface area contributed by atoms with Crippen molar-refractivity contribution in [1.29, 1.82) is 0 Å². The molecule has 0 spiro atoms. The second kappa shape index (κ2) is 5.39. The van der Waals surface area contributed by atoms with Gasteiger partial charge in [-0.1, -0.05) is 42.0 Å². The third kappa shape index (κ3) is 2.49. The molecule has 0 aliphatic rings. The summed E-state index contributed by atoms with van der Waals surface area (Å²) in [6.07, 6.45) is 0.897. The molecule has 102 valence electrons. The first-order chi connectivity index (χ1) is 9.65. The second-order valence-electron chi connectivity index (χ2n) is 5.43. The van der Waals surface area contributed by atoms with Gasteiger partial charge in [0, 0.05) is 10.7 Å². The van der Waals surface area contributed by atoms with Gasteiger partial charge in [0.1, 0.15) is 0 Å². The standard InChI is InChI=1S/C18H19NS/c1-12-7-8-13(2)14(9-12)10-17(19)16-11-20-18-6-4-3-5-15(16)18/h3-9,11,17H,10,19H2,1-2H3. The van der Waals surface area contributed by atoms with Gasteiger partial charge in [-0.3, -0.25) is 0 Å². The lowest BCUT2D eigenvalue weighted by atomic mass is 9.95. The smallest absolute Gasteiger partial charge is 0.0350 e. The molecule has 0 amide bonds. The minimum Gasteiger partial charge on any atom is -0.324 e. The summed E-state index contributed by atoms with van der Waals surface area (Å²) >= 11 is 1.78. The minimum absolute atomic E-state index is 0.0617. The van der Waals surface area contributed by atoms with Crippen molar-refractivity contribution in [2.45, 2.75) is 26.3 Å². The Hall–Kier alpha value is -1.64. The Labute approximate surface area is 124 Å². The maximum absolute atomic E-state index is 6.46. The van der Waals surface area contributed by atoms with Crippen LogP contribution in [0.25, 0.3) is 10.1 Å². The number of rotatable bonds is 3. The van der Waals surface area contributed by atoms with Gasteiger partial charge in [0.05, 0.1) is 0 Å². The van der Waals surface area contributed by atoms with E-state index in [0.717, 1.165) is 6.42 Å². The fraction of sp³-hybridized carbons (Fsp3) is 0.222. The highest BCUT2D eigenvalue weighted by Gasteiger charge is 2.13. The Morgan fingerprint density at radius 2 is 1.90 bits per heavy atom. The van der Waals surface area contributed by atoms with Crippen LogP contribution in [0.4, 0.5) is 0 Å². The Bertz CT molecular complexity index is 742. The number of nitrogens with two attached hydrogens (primary N) is 1. The third-order valence-electron chi connectivity index (χ3n) is 3.85. The largest absolute Gasteiger partial charge is 0.324 e. The van der Waals surface area contributed by atoms with Gasteiger partial charge in [0.15, 0.2) is 0 Å². The SMILES string of the molecule is Cc1ccc(C)c(CC(N)c2csc3ccccc23)c1. The molecule has 2 N–H and O–H groups in total. The fourth-order valence-electron chi connectivity index (χ4n) is 2.65. The van der Waals surface area contributed by atoms with Gasteiger partial charge in [-0.15, -0.1) is 11.3 Å². The number of hydrogen-bond donors (Lipinski definition) is 1. The number of fused-ring (bicyclic) bond motifs is 1. The van der Waals surface area contributed by atoms with E-state index in [2.05, 4.69) is 61.7 Å². The van der Waals surface area contributed by atoms with Crippen LogP contribution in [-0.4, -0.2) is 0 Å². The maximum Gasteiger partial charge on any atom is 0.0350 e. The molecule has 2 heteroatoms. The summed E-state index contributed by atoms with van der Waals surface area (Å²) in [6.45, 7) is 4.29. The first kappa shape index (κ1) is 13.3. The van der Waals surface area contributed by atoms with Gasteiger partial charge >= 0.3 is 0 Å². The van der Waals surface area contributed by atoms with Crippen LogP contribution in [0.5, 0.6) is 0 Å². The van der Waals surface area contributed by atoms with Crippen LogP contribution in [0.1, 0.15) is 28.3 Å². The predicted octanol–water partition coefficient (Wildman–Crippen LogP) is 4.76. The van der Waals surface area contributed by atoms with Crippen molar-refractivity contribution in [3.63, 3.8) is 0 Å². The summed E-state index contributed by atoms with van der Waals surface area (Å²) < 4.78 is 1.32. The molecule has 1 aromatic heterocycles. The van der Waals surface area contributed by atoms with Crippen molar-refractivity contribution in [2.75, 3.05) is 0 Å². The van der Waals surface area contributed by atoms with Crippen molar-refractivity contribution in [1.82, 2.24) is 0 Å². The van der Waals surface area contributed by atoms with E-state index in [-0.39, 0.29) is 6.04 Å². The first-order valence-electron chi connectivity index (χ1n) is 6.93. The first-order valence-corrected chi connectivity index (χ1v) is 7.81. The summed E-state index contributed by atoms with van der Waals surface area (Å²) in [7, 11) is 0. The highest BCUT2D eigenvalue weighted by molar-refractivity contribution is 7.17. The van der Waals surface area contributed by atoms with Crippen LogP contribution in [-0.2, 0) is 6.42 Å². The summed E-state index contributed by atoms with van der Waals surface area (Å²) in [5.74, 6) is 0. The van der Waals surface area contributed by atoms with E-state index in [1.54, 1.807) is 11.3 Å². The van der Waals surface area contributed by atoms with Crippen molar-refractivity contribution in [3.05, 3.63) is 70.1 Å². The van der Waals surface area contributed by atoms with E-state index < -0.39 is 0 Å². The topological polar surface area (TPSA) is 26.0 Å². The Balaban J connectivity index is 1.93. The molecule has 3 aromatic rings. The molecule has 20 heavy (non-hydrogen) atoms. The molecular formula is C18H19NS. The van der Waals surface area contributed by atoms with E-state index >= 15 is 0 Å². The molecule has 0 radical (unpaired) electrons. The van der Waals surface area contributed by atoms with E-state index in [1.165, 1.54) is 32.3 Å². The van der Waals surface area contributed by atoms with Crippen molar-refractivity contribution >= 4 is 21.4 Å². The zero-order valence-electron chi connectivity index (χ0n) is 11.9. The average molecular weight is 281 g/mol. The normalized spacial score (nSPS) is 12.8. The van der Waals surface area contributed by atoms with Gasteiger partial charge in [-0.2, -0.15) is 0 Å². The average Bonchev–Trinajstić information content (AvgIpc) is 2.87. The number of aryl methyl sites for hydroxylation is 2. The third-order valence-corrected chi connectivity index (χ3v) is 4.84. The molecule has 0 saturated carbocycles. The molecule has 3 rings (SSSR count). The quantitative estimate of drug-likeness (QED) is 0.736. The van der Waals surface area contributed by atoms with E-state index in [0.29, 0.717) is 0 Å². The van der Waals surface area contributed by atoms with Crippen LogP contribution in [0.3, 0.4) is 0 Å². The fourth-order valence-corrected chi connectivity index (χ4v) is 3.68. The summed E-state index contributed by atoms with van der Waals surface area (Å²) in [4.78, 5) is 0. The second-order valence-corrected chi connectivity index (χ2v) is 6.34. The molecule has 0 bridgehead atoms. The van der Waals surface area contributed by atoms with Gasteiger partial charge in [-0.05, 0) is 53.8 Å². The van der Waals surface area contributed by atoms with Crippen LogP contribution in [0.15, 0.2) is 47.8 Å². The zero-order chi connectivity index (χ0) is 14.1. The molecule has 1 unspecified atom stereocenters. The molecule has 0 fully saturated rings. The number of thiophene rings is 1. The highest BCUT2D eigenvalue weighted by Crippen LogP contribution is 2.31. The lowest BCUT2D eigenvalue weighted by molar-refractivity contribution is 0.726. The van der Waals surface area contributed by atoms with Crippen LogP contribution in [0.2, 0.25) is 0 Å². The van der Waals surface area contributed by atoms with Crippen LogP contribution < -0.4 is 5.73 Å². The monoisotopic (exact) mass is 281 g/mol. The lowest BCUT2D eigenvalue weighted by Crippen LogP contribution is -2.13. The molecule has 0 aliphatic carbocycles. The van der Waals surface area contributed by atoms with E-state index in [1.807, 2.05) is 0 Å². The van der Waals surface area contributed by atoms with Crippen LogP contribution >= 0.6 is 11.3 Å². The van der Waals surface area contributed by atoms with Gasteiger partial charge in [-0.25, -0.2) is 0 Å². The Morgan fingerprint density at radius 1 is 1.10 bits per heavy atom. The molecular weight excluding hydrogens is 262 g/mol. The highest BCUT2D eigenvalue weighted by atomic mass is 32.1. The van der Waals surface area contributed by atoms with E-state index in [9.17, 15) is 0 Å². The van der Waals surface area contributed by atoms with Crippen molar-refractivity contribution in [3.8, 4) is 0 Å². The van der Waals surface area contributed by atoms with Gasteiger partial charge in [0.2, 0.25) is 0 Å². The molecule has 1 atom stereocenters. The van der Waals surface area contributed by atoms with Gasteiger partial charge < -0.3 is 5.73 Å². The number of benzene rings is 2. The van der Waals surface area contributed by atoms with Crippen molar-refractivity contribution in [2.24, 2.45) is 5.73 Å². The van der Waals surface area contributed by atoms with Crippen molar-refractivity contribution < 1.29 is 0 Å². The molecule has 0 aliphatic heterocycles. The molecule has 1 nitrogen and oxygen atoms in total.